The first-order chi connectivity index (χ1) is 9.85. The molecule has 2 rings (SSSR count). The average Bonchev–Trinajstić information content (AvgIpc) is 2.78. The number of hydrogen-bond donors (Lipinski definition) is 3. The fourth-order valence-corrected chi connectivity index (χ4v) is 2.48. The second-order valence-corrected chi connectivity index (χ2v) is 6.44. The number of hydrogen-bond acceptors (Lipinski definition) is 3. The molecule has 1 aromatic rings. The van der Waals surface area contributed by atoms with E-state index in [2.05, 4.69) is 16.0 Å². The molecule has 0 saturated carbocycles. The van der Waals surface area contributed by atoms with E-state index in [1.165, 1.54) is 5.56 Å². The Balaban J connectivity index is 1.80. The molecule has 1 unspecified atom stereocenters. The standard InChI is InChI=1S/C16H23N3O2/c1-16(2,3)19-15(21)10-18-14(20)8-11-9-17-13-7-5-4-6-12(11)13/h4-7,11,17H,8-10H2,1-3H3,(H,18,20)(H,19,21). The number of rotatable bonds is 4. The summed E-state index contributed by atoms with van der Waals surface area (Å²) < 4.78 is 0. The van der Waals surface area contributed by atoms with E-state index < -0.39 is 0 Å². The van der Waals surface area contributed by atoms with Crippen LogP contribution in [0.1, 0.15) is 38.7 Å². The number of fused-ring (bicyclic) bond motifs is 1. The molecule has 1 atom stereocenters. The van der Waals surface area contributed by atoms with Gasteiger partial charge in [0.2, 0.25) is 11.8 Å². The molecule has 0 bridgehead atoms. The fourth-order valence-electron chi connectivity index (χ4n) is 2.48. The summed E-state index contributed by atoms with van der Waals surface area (Å²) in [7, 11) is 0. The molecular weight excluding hydrogens is 266 g/mol. The Labute approximate surface area is 125 Å². The van der Waals surface area contributed by atoms with Crippen molar-refractivity contribution in [2.24, 2.45) is 0 Å². The summed E-state index contributed by atoms with van der Waals surface area (Å²) >= 11 is 0. The van der Waals surface area contributed by atoms with Crippen LogP contribution < -0.4 is 16.0 Å². The molecule has 5 nitrogen and oxygen atoms in total. The molecular formula is C16H23N3O2. The lowest BCUT2D eigenvalue weighted by atomic mass is 9.97. The van der Waals surface area contributed by atoms with Gasteiger partial charge in [0.25, 0.3) is 0 Å². The zero-order valence-corrected chi connectivity index (χ0v) is 12.8. The fraction of sp³-hybridized carbons (Fsp3) is 0.500. The first kappa shape index (κ1) is 15.4. The Morgan fingerprint density at radius 3 is 2.67 bits per heavy atom. The van der Waals surface area contributed by atoms with Gasteiger partial charge in [-0.15, -0.1) is 0 Å². The van der Waals surface area contributed by atoms with Crippen molar-refractivity contribution in [3.63, 3.8) is 0 Å². The van der Waals surface area contributed by atoms with E-state index >= 15 is 0 Å². The van der Waals surface area contributed by atoms with Gasteiger partial charge in [-0.2, -0.15) is 0 Å². The topological polar surface area (TPSA) is 70.2 Å². The van der Waals surface area contributed by atoms with Crippen LogP contribution in [-0.2, 0) is 9.59 Å². The molecule has 114 valence electrons. The van der Waals surface area contributed by atoms with Crippen LogP contribution in [0.2, 0.25) is 0 Å². The van der Waals surface area contributed by atoms with Crippen molar-refractivity contribution in [1.82, 2.24) is 10.6 Å². The summed E-state index contributed by atoms with van der Waals surface area (Å²) in [5, 5.41) is 8.79. The lowest BCUT2D eigenvalue weighted by molar-refractivity contribution is -0.127. The van der Waals surface area contributed by atoms with Crippen LogP contribution in [0.3, 0.4) is 0 Å². The second-order valence-electron chi connectivity index (χ2n) is 6.44. The maximum Gasteiger partial charge on any atom is 0.239 e. The molecule has 1 aliphatic heterocycles. The summed E-state index contributed by atoms with van der Waals surface area (Å²) in [6, 6.07) is 8.02. The highest BCUT2D eigenvalue weighted by Gasteiger charge is 2.24. The molecule has 2 amide bonds. The van der Waals surface area contributed by atoms with Gasteiger partial charge in [0.05, 0.1) is 6.54 Å². The smallest absolute Gasteiger partial charge is 0.239 e. The van der Waals surface area contributed by atoms with Crippen molar-refractivity contribution in [2.45, 2.75) is 38.6 Å². The predicted molar refractivity (Wildman–Crippen MR) is 83.2 cm³/mol. The maximum atomic E-state index is 12.0. The first-order valence-corrected chi connectivity index (χ1v) is 7.25. The largest absolute Gasteiger partial charge is 0.384 e. The molecule has 3 N–H and O–H groups in total. The molecule has 21 heavy (non-hydrogen) atoms. The number of amides is 2. The van der Waals surface area contributed by atoms with Crippen LogP contribution in [0.4, 0.5) is 5.69 Å². The van der Waals surface area contributed by atoms with E-state index in [-0.39, 0.29) is 29.8 Å². The van der Waals surface area contributed by atoms with Gasteiger partial charge in [-0.3, -0.25) is 9.59 Å². The Hall–Kier alpha value is -2.04. The number of anilines is 1. The summed E-state index contributed by atoms with van der Waals surface area (Å²) in [5.74, 6) is -0.0877. The molecule has 0 fully saturated rings. The van der Waals surface area contributed by atoms with Gasteiger partial charge in [-0.05, 0) is 32.4 Å². The zero-order chi connectivity index (χ0) is 15.5. The molecule has 0 aliphatic carbocycles. The van der Waals surface area contributed by atoms with Crippen molar-refractivity contribution >= 4 is 17.5 Å². The van der Waals surface area contributed by atoms with Gasteiger partial charge in [0, 0.05) is 30.1 Å². The summed E-state index contributed by atoms with van der Waals surface area (Å²) in [6.07, 6.45) is 0.396. The highest BCUT2D eigenvalue weighted by Crippen LogP contribution is 2.32. The highest BCUT2D eigenvalue weighted by molar-refractivity contribution is 5.85. The summed E-state index contributed by atoms with van der Waals surface area (Å²) in [4.78, 5) is 23.6. The van der Waals surface area contributed by atoms with Crippen LogP contribution in [0.5, 0.6) is 0 Å². The first-order valence-electron chi connectivity index (χ1n) is 7.25. The lowest BCUT2D eigenvalue weighted by Gasteiger charge is -2.20. The Bertz CT molecular complexity index is 535. The van der Waals surface area contributed by atoms with E-state index in [0.29, 0.717) is 6.42 Å². The molecule has 0 aromatic heterocycles. The number of nitrogens with one attached hydrogen (secondary N) is 3. The molecule has 5 heteroatoms. The SMILES string of the molecule is CC(C)(C)NC(=O)CNC(=O)CC1CNc2ccccc21. The van der Waals surface area contributed by atoms with Crippen LogP contribution in [-0.4, -0.2) is 30.4 Å². The number of carbonyl (C=O) groups excluding carboxylic acids is 2. The normalized spacial score (nSPS) is 16.8. The van der Waals surface area contributed by atoms with E-state index in [4.69, 9.17) is 0 Å². The zero-order valence-electron chi connectivity index (χ0n) is 12.8. The molecule has 1 heterocycles. The molecule has 0 spiro atoms. The minimum Gasteiger partial charge on any atom is -0.384 e. The van der Waals surface area contributed by atoms with Crippen LogP contribution in [0, 0.1) is 0 Å². The van der Waals surface area contributed by atoms with E-state index in [1.807, 2.05) is 45.0 Å². The summed E-state index contributed by atoms with van der Waals surface area (Å²) in [5.41, 5.74) is 1.99. The number of carbonyl (C=O) groups is 2. The van der Waals surface area contributed by atoms with Gasteiger partial charge in [0.1, 0.15) is 0 Å². The second kappa shape index (κ2) is 6.16. The average molecular weight is 289 g/mol. The lowest BCUT2D eigenvalue weighted by Crippen LogP contribution is -2.46. The Kier molecular flexibility index (Phi) is 4.50. The Morgan fingerprint density at radius 1 is 1.24 bits per heavy atom. The third kappa shape index (κ3) is 4.48. The number of para-hydroxylation sites is 1. The van der Waals surface area contributed by atoms with Crippen molar-refractivity contribution in [3.8, 4) is 0 Å². The maximum absolute atomic E-state index is 12.0. The Morgan fingerprint density at radius 2 is 1.95 bits per heavy atom. The van der Waals surface area contributed by atoms with Crippen LogP contribution in [0.15, 0.2) is 24.3 Å². The summed E-state index contributed by atoms with van der Waals surface area (Å²) in [6.45, 7) is 6.52. The van der Waals surface area contributed by atoms with Gasteiger partial charge in [0.15, 0.2) is 0 Å². The molecule has 0 saturated heterocycles. The monoisotopic (exact) mass is 289 g/mol. The van der Waals surface area contributed by atoms with Gasteiger partial charge in [-0.25, -0.2) is 0 Å². The molecule has 1 aromatic carbocycles. The van der Waals surface area contributed by atoms with Gasteiger partial charge >= 0.3 is 0 Å². The van der Waals surface area contributed by atoms with Crippen LogP contribution >= 0.6 is 0 Å². The minimum absolute atomic E-state index is 0.0257. The highest BCUT2D eigenvalue weighted by atomic mass is 16.2. The quantitative estimate of drug-likeness (QED) is 0.789. The van der Waals surface area contributed by atoms with E-state index in [1.54, 1.807) is 0 Å². The minimum atomic E-state index is -0.282. The van der Waals surface area contributed by atoms with Gasteiger partial charge in [-0.1, -0.05) is 18.2 Å². The number of benzene rings is 1. The van der Waals surface area contributed by atoms with Crippen molar-refractivity contribution in [1.29, 1.82) is 0 Å². The van der Waals surface area contributed by atoms with Crippen molar-refractivity contribution in [2.75, 3.05) is 18.4 Å². The molecule has 0 radical (unpaired) electrons. The van der Waals surface area contributed by atoms with E-state index in [9.17, 15) is 9.59 Å². The predicted octanol–water partition coefficient (Wildman–Crippen LogP) is 1.62. The third-order valence-electron chi connectivity index (χ3n) is 3.33. The van der Waals surface area contributed by atoms with E-state index in [0.717, 1.165) is 12.2 Å². The van der Waals surface area contributed by atoms with Gasteiger partial charge < -0.3 is 16.0 Å². The third-order valence-corrected chi connectivity index (χ3v) is 3.33. The molecule has 1 aliphatic rings. The van der Waals surface area contributed by atoms with Crippen LogP contribution in [0.25, 0.3) is 0 Å². The van der Waals surface area contributed by atoms with Crippen molar-refractivity contribution < 1.29 is 9.59 Å². The van der Waals surface area contributed by atoms with Crippen molar-refractivity contribution in [3.05, 3.63) is 29.8 Å².